The van der Waals surface area contributed by atoms with E-state index in [0.29, 0.717) is 0 Å². The average molecular weight is 583 g/mol. The molecule has 5 heteroatoms. The highest BCUT2D eigenvalue weighted by atomic mass is 16.6. The number of para-hydroxylation sites is 2. The van der Waals surface area contributed by atoms with Crippen LogP contribution in [-0.4, -0.2) is 38.5 Å². The molecule has 0 unspecified atom stereocenters. The minimum Gasteiger partial charge on any atom is -0.443 e. The highest BCUT2D eigenvalue weighted by Crippen LogP contribution is 2.47. The van der Waals surface area contributed by atoms with Gasteiger partial charge in [0.1, 0.15) is 5.60 Å². The second-order valence-electron chi connectivity index (χ2n) is 14.2. The first-order valence-electron chi connectivity index (χ1n) is 15.4. The number of allylic oxidation sites excluding steroid dienone is 6. The van der Waals surface area contributed by atoms with Crippen LogP contribution >= 0.6 is 0 Å². The van der Waals surface area contributed by atoms with Crippen molar-refractivity contribution in [2.24, 2.45) is 0 Å². The van der Waals surface area contributed by atoms with Gasteiger partial charge in [-0.1, -0.05) is 62.4 Å². The number of ether oxygens (including phenoxy) is 1. The molecule has 7 rings (SSSR count). The van der Waals surface area contributed by atoms with Gasteiger partial charge in [0, 0.05) is 53.3 Å². The SMILES string of the molecule is CN(C(=O)OC(C)(C)C)C1=C(/C=C2\C=C[N+]3=C2C(C)(C)c2ccccc23)C=C/C1=C\c1ccn2c1C(C)(C)c1ccccc1-2. The first kappa shape index (κ1) is 28.1. The molecule has 1 aliphatic carbocycles. The lowest BCUT2D eigenvalue weighted by Gasteiger charge is -2.27. The molecule has 222 valence electrons. The zero-order valence-electron chi connectivity index (χ0n) is 26.9. The number of aromatic nitrogens is 1. The van der Waals surface area contributed by atoms with Gasteiger partial charge in [0.05, 0.1) is 11.1 Å². The van der Waals surface area contributed by atoms with Crippen molar-refractivity contribution in [3.8, 4) is 5.69 Å². The Morgan fingerprint density at radius 2 is 1.57 bits per heavy atom. The lowest BCUT2D eigenvalue weighted by Crippen LogP contribution is -2.34. The molecule has 0 saturated heterocycles. The predicted molar refractivity (Wildman–Crippen MR) is 178 cm³/mol. The molecule has 3 aromatic rings. The van der Waals surface area contributed by atoms with Gasteiger partial charge >= 0.3 is 6.09 Å². The molecule has 4 aliphatic rings. The second kappa shape index (κ2) is 9.43. The summed E-state index contributed by atoms with van der Waals surface area (Å²) >= 11 is 0. The number of carbonyl (C=O) groups is 1. The van der Waals surface area contributed by atoms with Gasteiger partial charge in [-0.3, -0.25) is 4.90 Å². The molecule has 2 aromatic carbocycles. The summed E-state index contributed by atoms with van der Waals surface area (Å²) in [5.74, 6) is 0. The Labute approximate surface area is 260 Å². The van der Waals surface area contributed by atoms with E-state index in [1.54, 1.807) is 4.90 Å². The second-order valence-corrected chi connectivity index (χ2v) is 14.2. The Bertz CT molecular complexity index is 1950. The Morgan fingerprint density at radius 1 is 0.864 bits per heavy atom. The fourth-order valence-electron chi connectivity index (χ4n) is 7.41. The maximum absolute atomic E-state index is 13.5. The van der Waals surface area contributed by atoms with Crippen LogP contribution in [0.3, 0.4) is 0 Å². The first-order valence-corrected chi connectivity index (χ1v) is 15.4. The normalized spacial score (nSPS) is 20.5. The molecule has 1 amide bonds. The molecule has 0 fully saturated rings. The summed E-state index contributed by atoms with van der Waals surface area (Å²) in [6, 6.07) is 19.4. The van der Waals surface area contributed by atoms with Crippen molar-refractivity contribution < 1.29 is 14.1 Å². The highest BCUT2D eigenvalue weighted by molar-refractivity contribution is 6.10. The number of fused-ring (bicyclic) bond motifs is 5. The first-order chi connectivity index (χ1) is 20.8. The summed E-state index contributed by atoms with van der Waals surface area (Å²) in [6.45, 7) is 14.8. The predicted octanol–water partition coefficient (Wildman–Crippen LogP) is 8.72. The van der Waals surface area contributed by atoms with Crippen molar-refractivity contribution >= 4 is 23.6 Å². The van der Waals surface area contributed by atoms with Crippen LogP contribution in [0.4, 0.5) is 10.5 Å². The van der Waals surface area contributed by atoms with Crippen molar-refractivity contribution in [1.29, 1.82) is 0 Å². The summed E-state index contributed by atoms with van der Waals surface area (Å²) < 4.78 is 10.5. The minimum absolute atomic E-state index is 0.154. The van der Waals surface area contributed by atoms with E-state index in [1.165, 1.54) is 33.9 Å². The molecule has 0 bridgehead atoms. The Balaban J connectivity index is 1.35. The monoisotopic (exact) mass is 582 g/mol. The number of carbonyl (C=O) groups excluding carboxylic acids is 1. The lowest BCUT2D eigenvalue weighted by molar-refractivity contribution is -0.353. The van der Waals surface area contributed by atoms with Crippen molar-refractivity contribution in [3.05, 3.63) is 136 Å². The van der Waals surface area contributed by atoms with Crippen molar-refractivity contribution in [2.45, 2.75) is 64.9 Å². The molecule has 3 aliphatic heterocycles. The number of hydrogen-bond donors (Lipinski definition) is 0. The third-order valence-electron chi connectivity index (χ3n) is 9.31. The van der Waals surface area contributed by atoms with Crippen LogP contribution in [0.2, 0.25) is 0 Å². The highest BCUT2D eigenvalue weighted by Gasteiger charge is 2.48. The average Bonchev–Trinajstić information content (AvgIpc) is 3.75. The van der Waals surface area contributed by atoms with Gasteiger partial charge in [0.25, 0.3) is 0 Å². The van der Waals surface area contributed by atoms with Gasteiger partial charge in [-0.25, -0.2) is 4.79 Å². The number of likely N-dealkylation sites (N-methyl/N-ethyl adjacent to an activating group) is 1. The van der Waals surface area contributed by atoms with Crippen LogP contribution in [-0.2, 0) is 15.6 Å². The van der Waals surface area contributed by atoms with Crippen LogP contribution in [0.1, 0.15) is 70.9 Å². The van der Waals surface area contributed by atoms with Gasteiger partial charge in [-0.15, -0.1) is 0 Å². The Morgan fingerprint density at radius 3 is 2.32 bits per heavy atom. The quantitative estimate of drug-likeness (QED) is 0.290. The smallest absolute Gasteiger partial charge is 0.414 e. The van der Waals surface area contributed by atoms with E-state index in [-0.39, 0.29) is 16.9 Å². The maximum atomic E-state index is 13.5. The zero-order valence-corrected chi connectivity index (χ0v) is 26.9. The van der Waals surface area contributed by atoms with Crippen LogP contribution < -0.4 is 0 Å². The maximum Gasteiger partial charge on any atom is 0.414 e. The number of nitrogens with zero attached hydrogens (tertiary/aromatic N) is 3. The topological polar surface area (TPSA) is 37.5 Å². The van der Waals surface area contributed by atoms with Crippen molar-refractivity contribution in [1.82, 2.24) is 9.47 Å². The number of hydrogen-bond acceptors (Lipinski definition) is 2. The Kier molecular flexibility index (Phi) is 6.03. The summed E-state index contributed by atoms with van der Waals surface area (Å²) in [6.07, 6.45) is 14.8. The standard InChI is InChI=1S/C39H40N3O2/c1-37(2,3)44-36(43)40(8)33-25(23-27-19-21-41-31-15-11-9-13-29(31)38(4,5)34(27)41)17-18-26(33)24-28-20-22-42-32-16-12-10-14-30(32)39(6,7)35(28)42/h9-24H,1-8H3/q+1. The zero-order chi connectivity index (χ0) is 31.2. The van der Waals surface area contributed by atoms with Crippen LogP contribution in [0.25, 0.3) is 11.8 Å². The van der Waals surface area contributed by atoms with E-state index in [1.807, 2.05) is 27.8 Å². The minimum atomic E-state index is -0.608. The molecular formula is C39H40N3O2+. The number of amides is 1. The van der Waals surface area contributed by atoms with E-state index in [2.05, 4.69) is 134 Å². The largest absolute Gasteiger partial charge is 0.443 e. The summed E-state index contributed by atoms with van der Waals surface area (Å²) in [4.78, 5) is 15.2. The summed E-state index contributed by atoms with van der Waals surface area (Å²) in [5.41, 5.74) is 11.7. The molecular weight excluding hydrogens is 542 g/mol. The van der Waals surface area contributed by atoms with Gasteiger partial charge < -0.3 is 9.30 Å². The third kappa shape index (κ3) is 4.13. The van der Waals surface area contributed by atoms with Crippen LogP contribution in [0.15, 0.2) is 114 Å². The lowest BCUT2D eigenvalue weighted by atomic mass is 9.78. The fraction of sp³-hybridized carbons (Fsp3) is 0.282. The van der Waals surface area contributed by atoms with Gasteiger partial charge in [-0.2, -0.15) is 4.58 Å². The number of rotatable bonds is 3. The van der Waals surface area contributed by atoms with Gasteiger partial charge in [0.15, 0.2) is 6.20 Å². The van der Waals surface area contributed by atoms with E-state index in [0.717, 1.165) is 28.0 Å². The van der Waals surface area contributed by atoms with E-state index < -0.39 is 5.60 Å². The van der Waals surface area contributed by atoms with E-state index in [4.69, 9.17) is 4.74 Å². The molecule has 0 spiro atoms. The van der Waals surface area contributed by atoms with Crippen LogP contribution in [0.5, 0.6) is 0 Å². The van der Waals surface area contributed by atoms with Crippen LogP contribution in [0, 0.1) is 0 Å². The molecule has 1 aromatic heterocycles. The molecule has 4 heterocycles. The molecule has 0 N–H and O–H groups in total. The summed E-state index contributed by atoms with van der Waals surface area (Å²) in [7, 11) is 1.81. The molecule has 44 heavy (non-hydrogen) atoms. The fourth-order valence-corrected chi connectivity index (χ4v) is 7.41. The molecule has 0 radical (unpaired) electrons. The molecule has 0 saturated carbocycles. The van der Waals surface area contributed by atoms with Crippen molar-refractivity contribution in [3.63, 3.8) is 0 Å². The van der Waals surface area contributed by atoms with E-state index >= 15 is 0 Å². The van der Waals surface area contributed by atoms with Gasteiger partial charge in [0.2, 0.25) is 11.4 Å². The third-order valence-corrected chi connectivity index (χ3v) is 9.31. The molecule has 0 atom stereocenters. The van der Waals surface area contributed by atoms with Crippen molar-refractivity contribution in [2.75, 3.05) is 7.05 Å². The number of benzene rings is 2. The van der Waals surface area contributed by atoms with E-state index in [9.17, 15) is 4.79 Å². The Hall–Kier alpha value is -4.64. The molecule has 5 nitrogen and oxygen atoms in total. The summed E-state index contributed by atoms with van der Waals surface area (Å²) in [5, 5.41) is 0. The van der Waals surface area contributed by atoms with Gasteiger partial charge in [-0.05, 0) is 81.2 Å².